The summed E-state index contributed by atoms with van der Waals surface area (Å²) in [6.45, 7) is 2.08. The molecule has 2 aromatic heterocycles. The maximum absolute atomic E-state index is 6.14. The largest absolute Gasteiger partial charge is 0.319 e. The molecule has 0 fully saturated rings. The van der Waals surface area contributed by atoms with Crippen molar-refractivity contribution in [1.82, 2.24) is 0 Å². The van der Waals surface area contributed by atoms with E-state index in [2.05, 4.69) is 18.4 Å². The summed E-state index contributed by atoms with van der Waals surface area (Å²) in [7, 11) is 0. The van der Waals surface area contributed by atoms with Gasteiger partial charge in [0.15, 0.2) is 0 Å². The number of rotatable bonds is 2. The molecule has 74 valence electrons. The van der Waals surface area contributed by atoms with Gasteiger partial charge in [-0.3, -0.25) is 0 Å². The Hall–Kier alpha value is -0.350. The van der Waals surface area contributed by atoms with Crippen LogP contribution in [0.4, 0.5) is 0 Å². The number of hydrogen-bond acceptors (Lipinski definition) is 3. The van der Waals surface area contributed by atoms with Gasteiger partial charge in [-0.25, -0.2) is 0 Å². The molecule has 14 heavy (non-hydrogen) atoms. The molecule has 2 aromatic rings. The normalized spacial score (nSPS) is 13.1. The van der Waals surface area contributed by atoms with Crippen LogP contribution in [0.3, 0.4) is 0 Å². The maximum Gasteiger partial charge on any atom is 0.0931 e. The average molecular weight is 244 g/mol. The highest BCUT2D eigenvalue weighted by molar-refractivity contribution is 7.16. The Morgan fingerprint density at radius 1 is 1.36 bits per heavy atom. The van der Waals surface area contributed by atoms with E-state index in [4.69, 9.17) is 17.3 Å². The van der Waals surface area contributed by atoms with Gasteiger partial charge in [-0.15, -0.1) is 22.7 Å². The Morgan fingerprint density at radius 2 is 2.14 bits per heavy atom. The predicted molar refractivity (Wildman–Crippen MR) is 64.4 cm³/mol. The predicted octanol–water partition coefficient (Wildman–Crippen LogP) is 3.82. The summed E-state index contributed by atoms with van der Waals surface area (Å²) >= 11 is 9.12. The van der Waals surface area contributed by atoms with Gasteiger partial charge in [0.2, 0.25) is 0 Å². The van der Waals surface area contributed by atoms with Crippen molar-refractivity contribution in [3.05, 3.63) is 43.2 Å². The third-order valence-corrected chi connectivity index (χ3v) is 4.50. The summed E-state index contributed by atoms with van der Waals surface area (Å²) in [5.74, 6) is 0. The number of hydrogen-bond donors (Lipinski definition) is 1. The molecule has 4 heteroatoms. The van der Waals surface area contributed by atoms with Crippen molar-refractivity contribution in [3.63, 3.8) is 0 Å². The van der Waals surface area contributed by atoms with Gasteiger partial charge in [-0.2, -0.15) is 0 Å². The molecular weight excluding hydrogens is 234 g/mol. The quantitative estimate of drug-likeness (QED) is 0.853. The molecule has 0 aromatic carbocycles. The van der Waals surface area contributed by atoms with Crippen molar-refractivity contribution in [2.45, 2.75) is 13.0 Å². The summed E-state index contributed by atoms with van der Waals surface area (Å²) in [5.41, 5.74) is 7.39. The first-order valence-electron chi connectivity index (χ1n) is 4.23. The molecule has 0 amide bonds. The minimum atomic E-state index is -0.0208. The van der Waals surface area contributed by atoms with E-state index in [1.54, 1.807) is 22.7 Å². The van der Waals surface area contributed by atoms with Crippen LogP contribution in [0.1, 0.15) is 21.4 Å². The highest BCUT2D eigenvalue weighted by atomic mass is 35.5. The lowest BCUT2D eigenvalue weighted by Gasteiger charge is -2.07. The zero-order valence-electron chi connectivity index (χ0n) is 7.66. The van der Waals surface area contributed by atoms with Gasteiger partial charge in [0.1, 0.15) is 0 Å². The summed E-state index contributed by atoms with van der Waals surface area (Å²) < 4.78 is 0.796. The molecule has 0 aliphatic carbocycles. The van der Waals surface area contributed by atoms with Crippen LogP contribution >= 0.6 is 34.3 Å². The second-order valence-corrected chi connectivity index (χ2v) is 5.78. The van der Waals surface area contributed by atoms with Crippen molar-refractivity contribution in [2.24, 2.45) is 5.73 Å². The molecule has 0 radical (unpaired) electrons. The van der Waals surface area contributed by atoms with Crippen LogP contribution < -0.4 is 5.73 Å². The summed E-state index contributed by atoms with van der Waals surface area (Å²) in [5, 5.41) is 2.07. The fourth-order valence-corrected chi connectivity index (χ4v) is 3.42. The summed E-state index contributed by atoms with van der Waals surface area (Å²) in [6, 6.07) is 5.96. The molecule has 1 atom stereocenters. The minimum absolute atomic E-state index is 0.0208. The van der Waals surface area contributed by atoms with Crippen LogP contribution in [0.15, 0.2) is 23.6 Å². The fraction of sp³-hybridized carbons (Fsp3) is 0.200. The van der Waals surface area contributed by atoms with Crippen LogP contribution in [0.2, 0.25) is 4.34 Å². The van der Waals surface area contributed by atoms with Crippen molar-refractivity contribution < 1.29 is 0 Å². The van der Waals surface area contributed by atoms with Crippen LogP contribution in [0, 0.1) is 6.92 Å². The zero-order valence-corrected chi connectivity index (χ0v) is 10.0. The van der Waals surface area contributed by atoms with E-state index in [0.29, 0.717) is 0 Å². The lowest BCUT2D eigenvalue weighted by atomic mass is 10.1. The fourth-order valence-electron chi connectivity index (χ4n) is 1.33. The number of halogens is 1. The molecule has 0 saturated heterocycles. The first kappa shape index (κ1) is 10.2. The van der Waals surface area contributed by atoms with Crippen molar-refractivity contribution in [2.75, 3.05) is 0 Å². The van der Waals surface area contributed by atoms with E-state index < -0.39 is 0 Å². The van der Waals surface area contributed by atoms with Gasteiger partial charge in [0.05, 0.1) is 10.4 Å². The first-order chi connectivity index (χ1) is 6.68. The molecule has 1 unspecified atom stereocenters. The van der Waals surface area contributed by atoms with Crippen LogP contribution in [-0.4, -0.2) is 0 Å². The summed E-state index contributed by atoms with van der Waals surface area (Å²) in [6.07, 6.45) is 0. The van der Waals surface area contributed by atoms with Crippen LogP contribution in [-0.2, 0) is 0 Å². The molecule has 0 spiro atoms. The van der Waals surface area contributed by atoms with E-state index in [0.717, 1.165) is 9.21 Å². The Kier molecular flexibility index (Phi) is 2.93. The maximum atomic E-state index is 6.14. The third-order valence-electron chi connectivity index (χ3n) is 2.08. The third kappa shape index (κ3) is 1.86. The smallest absolute Gasteiger partial charge is 0.0931 e. The molecule has 0 bridgehead atoms. The van der Waals surface area contributed by atoms with E-state index in [1.165, 1.54) is 10.4 Å². The van der Waals surface area contributed by atoms with Gasteiger partial charge in [0, 0.05) is 9.75 Å². The SMILES string of the molecule is Cc1ccsc1C(N)c1ccc(Cl)s1. The molecule has 0 aliphatic rings. The van der Waals surface area contributed by atoms with Crippen molar-refractivity contribution >= 4 is 34.3 Å². The standard InChI is InChI=1S/C10H10ClNS2/c1-6-4-5-13-10(6)9(12)7-2-3-8(11)14-7/h2-5,9H,12H2,1H3. The molecule has 0 aliphatic heterocycles. The molecule has 2 rings (SSSR count). The van der Waals surface area contributed by atoms with E-state index >= 15 is 0 Å². The van der Waals surface area contributed by atoms with Gasteiger partial charge < -0.3 is 5.73 Å². The topological polar surface area (TPSA) is 26.0 Å². The molecule has 0 saturated carbocycles. The molecule has 1 nitrogen and oxygen atoms in total. The molecular formula is C10H10ClNS2. The highest BCUT2D eigenvalue weighted by Crippen LogP contribution is 2.33. The number of aryl methyl sites for hydroxylation is 1. The second-order valence-electron chi connectivity index (χ2n) is 3.09. The van der Waals surface area contributed by atoms with E-state index in [1.807, 2.05) is 12.1 Å². The minimum Gasteiger partial charge on any atom is -0.319 e. The Bertz CT molecular complexity index is 433. The van der Waals surface area contributed by atoms with Crippen molar-refractivity contribution in [3.8, 4) is 0 Å². The zero-order chi connectivity index (χ0) is 10.1. The molecule has 2 heterocycles. The van der Waals surface area contributed by atoms with E-state index in [-0.39, 0.29) is 6.04 Å². The first-order valence-corrected chi connectivity index (χ1v) is 6.30. The monoisotopic (exact) mass is 243 g/mol. The Morgan fingerprint density at radius 3 is 2.64 bits per heavy atom. The lowest BCUT2D eigenvalue weighted by molar-refractivity contribution is 0.908. The number of nitrogens with two attached hydrogens (primary N) is 1. The van der Waals surface area contributed by atoms with Gasteiger partial charge in [0.25, 0.3) is 0 Å². The lowest BCUT2D eigenvalue weighted by Crippen LogP contribution is -2.09. The Labute approximate surface area is 96.1 Å². The van der Waals surface area contributed by atoms with Crippen LogP contribution in [0.25, 0.3) is 0 Å². The van der Waals surface area contributed by atoms with Crippen molar-refractivity contribution in [1.29, 1.82) is 0 Å². The summed E-state index contributed by atoms with van der Waals surface area (Å²) in [4.78, 5) is 2.35. The van der Waals surface area contributed by atoms with Crippen LogP contribution in [0.5, 0.6) is 0 Å². The average Bonchev–Trinajstić information content (AvgIpc) is 2.73. The van der Waals surface area contributed by atoms with Gasteiger partial charge in [-0.1, -0.05) is 11.6 Å². The van der Waals surface area contributed by atoms with E-state index in [9.17, 15) is 0 Å². The molecule has 2 N–H and O–H groups in total. The van der Waals surface area contributed by atoms with Gasteiger partial charge in [-0.05, 0) is 36.1 Å². The Balaban J connectivity index is 2.33. The number of thiophene rings is 2. The highest BCUT2D eigenvalue weighted by Gasteiger charge is 2.14. The second kappa shape index (κ2) is 4.03. The van der Waals surface area contributed by atoms with Gasteiger partial charge >= 0.3 is 0 Å².